The molecule has 0 bridgehead atoms. The van der Waals surface area contributed by atoms with Crippen LogP contribution in [-0.4, -0.2) is 0 Å². The smallest absolute Gasteiger partial charge is 0.0713 e. The second-order valence-corrected chi connectivity index (χ2v) is 15.7. The summed E-state index contributed by atoms with van der Waals surface area (Å²) in [5, 5.41) is -1.15. The van der Waals surface area contributed by atoms with Crippen LogP contribution < -0.4 is 4.90 Å². The van der Waals surface area contributed by atoms with Gasteiger partial charge in [-0.1, -0.05) is 236 Å². The Morgan fingerprint density at radius 2 is 0.924 bits per heavy atom. The monoisotopic (exact) mass is 858 g/mol. The van der Waals surface area contributed by atoms with Crippen molar-refractivity contribution in [3.05, 3.63) is 295 Å². The van der Waals surface area contributed by atoms with Crippen LogP contribution in [0.5, 0.6) is 0 Å². The molecule has 1 nitrogen and oxygen atoms in total. The number of anilines is 3. The first-order valence-electron chi connectivity index (χ1n) is 30.8. The highest BCUT2D eigenvalue weighted by molar-refractivity contribution is 6.06. The Hall–Kier alpha value is -8.52. The first kappa shape index (κ1) is 24.0. The van der Waals surface area contributed by atoms with Crippen LogP contribution >= 0.6 is 0 Å². The zero-order chi connectivity index (χ0) is 60.4. The normalized spacial score (nSPS) is 16.4. The number of nitrogens with zero attached hydrogens (tertiary/aromatic N) is 1. The van der Waals surface area contributed by atoms with Crippen LogP contribution in [0.4, 0.5) is 17.1 Å². The average molecular weight is 859 g/mol. The van der Waals surface area contributed by atoms with Crippen molar-refractivity contribution in [1.29, 1.82) is 0 Å². The number of hydrogen-bond acceptors (Lipinski definition) is 1. The second kappa shape index (κ2) is 16.6. The van der Waals surface area contributed by atoms with E-state index >= 15 is 0 Å². The van der Waals surface area contributed by atoms with E-state index in [1.54, 1.807) is 42.5 Å². The Morgan fingerprint density at radius 1 is 0.333 bits per heavy atom. The third-order valence-electron chi connectivity index (χ3n) is 12.2. The lowest BCUT2D eigenvalue weighted by molar-refractivity contribution is 0.769. The number of benzene rings is 11. The molecule has 0 radical (unpaired) electrons. The van der Waals surface area contributed by atoms with Gasteiger partial charge in [-0.05, 0) is 119 Å². The summed E-state index contributed by atoms with van der Waals surface area (Å²) in [5.41, 5.74) is 3.46. The standard InChI is InChI=1S/C65H45N/c1-5-20-46(21-6-1)47-36-38-49(39-37-47)64-56-31-14-13-22-48(56)40-43-60(64)59-33-16-18-35-63(59)66(54-28-11-4-12-29-54)55-30-19-23-50(44-55)51-41-42-58-57-32-15-17-34-61(57)65(62(58)45-51,52-24-7-2-8-25-52)53-26-9-3-10-27-53/h1-45H/i1D,5D,6D,13D,14D,16D,18D,20D,21D,22D,31D,33D,35D,36D,37D,38D,39D,40D,43D. The van der Waals surface area contributed by atoms with Gasteiger partial charge in [0, 0.05) is 16.9 Å². The zero-order valence-electron chi connectivity index (χ0n) is 54.0. The minimum atomic E-state index is -0.967. The Morgan fingerprint density at radius 3 is 1.70 bits per heavy atom. The van der Waals surface area contributed by atoms with E-state index in [1.807, 2.05) is 66.7 Å². The van der Waals surface area contributed by atoms with Crippen LogP contribution in [0.3, 0.4) is 0 Å². The van der Waals surface area contributed by atoms with Crippen molar-refractivity contribution in [2.45, 2.75) is 5.41 Å². The molecule has 0 fully saturated rings. The van der Waals surface area contributed by atoms with Gasteiger partial charge >= 0.3 is 0 Å². The maximum Gasteiger partial charge on any atom is 0.0713 e. The van der Waals surface area contributed by atoms with E-state index in [0.717, 1.165) is 38.9 Å². The molecule has 1 aliphatic rings. The molecule has 0 saturated heterocycles. The van der Waals surface area contributed by atoms with Gasteiger partial charge in [-0.2, -0.15) is 0 Å². The summed E-state index contributed by atoms with van der Waals surface area (Å²) in [6.45, 7) is 0. The van der Waals surface area contributed by atoms with E-state index in [9.17, 15) is 15.1 Å². The fourth-order valence-electron chi connectivity index (χ4n) is 9.37. The average Bonchev–Trinajstić information content (AvgIpc) is 1.73. The molecule has 11 aromatic rings. The van der Waals surface area contributed by atoms with Crippen molar-refractivity contribution < 1.29 is 26.0 Å². The molecule has 0 saturated carbocycles. The third-order valence-corrected chi connectivity index (χ3v) is 12.2. The maximum absolute atomic E-state index is 9.96. The summed E-state index contributed by atoms with van der Waals surface area (Å²) in [6, 6.07) is 35.0. The van der Waals surface area contributed by atoms with Crippen molar-refractivity contribution in [2.24, 2.45) is 0 Å². The molecule has 0 aromatic heterocycles. The third kappa shape index (κ3) is 6.56. The number of para-hydroxylation sites is 2. The molecular weight excluding hydrogens is 795 g/mol. The molecule has 1 aliphatic carbocycles. The molecule has 0 unspecified atom stereocenters. The van der Waals surface area contributed by atoms with Gasteiger partial charge in [0.1, 0.15) is 0 Å². The van der Waals surface area contributed by atoms with Crippen LogP contribution in [-0.2, 0) is 5.41 Å². The second-order valence-electron chi connectivity index (χ2n) is 15.7. The fraction of sp³-hybridized carbons (Fsp3) is 0.0154. The molecule has 0 spiro atoms. The molecule has 0 amide bonds. The molecule has 0 N–H and O–H groups in total. The summed E-state index contributed by atoms with van der Waals surface area (Å²) in [4.78, 5) is 1.53. The topological polar surface area (TPSA) is 3.24 Å². The number of rotatable bonds is 9. The Kier molecular flexibility index (Phi) is 6.01. The Balaban J connectivity index is 1.17. The van der Waals surface area contributed by atoms with Crippen molar-refractivity contribution in [1.82, 2.24) is 0 Å². The lowest BCUT2D eigenvalue weighted by Crippen LogP contribution is -2.28. The predicted molar refractivity (Wildman–Crippen MR) is 278 cm³/mol. The van der Waals surface area contributed by atoms with Crippen molar-refractivity contribution in [3.63, 3.8) is 0 Å². The minimum absolute atomic E-state index is 0.324. The number of hydrogen-bond donors (Lipinski definition) is 0. The molecular formula is C65H45N. The van der Waals surface area contributed by atoms with Gasteiger partial charge in [-0.15, -0.1) is 0 Å². The Labute approximate surface area is 413 Å². The summed E-state index contributed by atoms with van der Waals surface area (Å²) in [7, 11) is 0. The maximum atomic E-state index is 9.96. The van der Waals surface area contributed by atoms with E-state index in [1.165, 1.54) is 4.90 Å². The van der Waals surface area contributed by atoms with Crippen LogP contribution in [0, 0.1) is 0 Å². The lowest BCUT2D eigenvalue weighted by Gasteiger charge is -2.34. The van der Waals surface area contributed by atoms with Crippen LogP contribution in [0.1, 0.15) is 48.3 Å². The summed E-state index contributed by atoms with van der Waals surface area (Å²) in [5.74, 6) is 0. The quantitative estimate of drug-likeness (QED) is 0.140. The van der Waals surface area contributed by atoms with Crippen LogP contribution in [0.2, 0.25) is 0 Å². The predicted octanol–water partition coefficient (Wildman–Crippen LogP) is 17.3. The molecule has 11 aromatic carbocycles. The molecule has 12 rings (SSSR count). The van der Waals surface area contributed by atoms with Crippen molar-refractivity contribution in [3.8, 4) is 55.6 Å². The molecule has 0 heterocycles. The summed E-state index contributed by atoms with van der Waals surface area (Å²) in [6.07, 6.45) is 0. The van der Waals surface area contributed by atoms with E-state index in [-0.39, 0.29) is 5.69 Å². The van der Waals surface area contributed by atoms with E-state index in [2.05, 4.69) is 48.5 Å². The number of fused-ring (bicyclic) bond motifs is 4. The largest absolute Gasteiger partial charge is 0.310 e. The first-order valence-corrected chi connectivity index (χ1v) is 21.3. The van der Waals surface area contributed by atoms with Crippen molar-refractivity contribution in [2.75, 3.05) is 4.90 Å². The molecule has 0 aliphatic heterocycles. The van der Waals surface area contributed by atoms with Gasteiger partial charge in [-0.25, -0.2) is 0 Å². The van der Waals surface area contributed by atoms with Crippen molar-refractivity contribution >= 4 is 27.8 Å². The lowest BCUT2D eigenvalue weighted by atomic mass is 9.67. The van der Waals surface area contributed by atoms with Crippen LogP contribution in [0.25, 0.3) is 66.4 Å². The van der Waals surface area contributed by atoms with E-state index in [4.69, 9.17) is 11.0 Å². The van der Waals surface area contributed by atoms with Gasteiger partial charge in [0.15, 0.2) is 0 Å². The Bertz CT molecular complexity index is 4550. The summed E-state index contributed by atoms with van der Waals surface area (Å²) < 4.78 is 175. The molecule has 310 valence electrons. The highest BCUT2D eigenvalue weighted by Gasteiger charge is 2.46. The van der Waals surface area contributed by atoms with Gasteiger partial charge < -0.3 is 4.90 Å². The van der Waals surface area contributed by atoms with Gasteiger partial charge in [-0.3, -0.25) is 0 Å². The molecule has 1 heteroatoms. The van der Waals surface area contributed by atoms with Gasteiger partial charge in [0.05, 0.1) is 37.1 Å². The highest BCUT2D eigenvalue weighted by atomic mass is 15.1. The highest BCUT2D eigenvalue weighted by Crippen LogP contribution is 2.57. The molecule has 0 atom stereocenters. The fourth-order valence-corrected chi connectivity index (χ4v) is 9.37. The minimum Gasteiger partial charge on any atom is -0.310 e. The SMILES string of the molecule is [2H]c1c([2H])c([2H])c(-c2c([2H])c([2H])c(-c3c(-c4c([2H])c([2H])c([2H])c([2H])c4N(c4ccccc4)c4cccc(-c5ccc6c(c5)C(c5ccccc5)(c5ccccc5)c5ccccc5-6)c4)c([2H])c([2H])c4c([2H])c([2H])c([2H])c([2H])c34)c([2H])c2[2H])c([2H])c1[2H]. The zero-order valence-corrected chi connectivity index (χ0v) is 35.0. The van der Waals surface area contributed by atoms with E-state index < -0.39 is 164 Å². The van der Waals surface area contributed by atoms with Gasteiger partial charge in [0.25, 0.3) is 0 Å². The molecule has 66 heavy (non-hydrogen) atoms. The summed E-state index contributed by atoms with van der Waals surface area (Å²) >= 11 is 0. The first-order chi connectivity index (χ1) is 40.7. The van der Waals surface area contributed by atoms with E-state index in [0.29, 0.717) is 16.9 Å². The van der Waals surface area contributed by atoms with Gasteiger partial charge in [0.2, 0.25) is 0 Å². The van der Waals surface area contributed by atoms with Crippen LogP contribution in [0.15, 0.2) is 273 Å².